The highest BCUT2D eigenvalue weighted by Crippen LogP contribution is 2.31. The van der Waals surface area contributed by atoms with E-state index in [0.717, 1.165) is 17.6 Å². The van der Waals surface area contributed by atoms with Crippen LogP contribution >= 0.6 is 11.6 Å². The van der Waals surface area contributed by atoms with Crippen LogP contribution in [0.15, 0.2) is 24.5 Å². The van der Waals surface area contributed by atoms with E-state index in [-0.39, 0.29) is 16.7 Å². The fourth-order valence-electron chi connectivity index (χ4n) is 1.70. The van der Waals surface area contributed by atoms with Crippen LogP contribution in [-0.4, -0.2) is 22.0 Å². The Labute approximate surface area is 119 Å². The van der Waals surface area contributed by atoms with E-state index in [9.17, 15) is 10.1 Å². The molecule has 0 amide bonds. The quantitative estimate of drug-likeness (QED) is 0.529. The molecule has 2 rings (SSSR count). The van der Waals surface area contributed by atoms with E-state index in [1.54, 1.807) is 25.3 Å². The summed E-state index contributed by atoms with van der Waals surface area (Å²) in [4.78, 5) is 17.8. The summed E-state index contributed by atoms with van der Waals surface area (Å²) in [5, 5.41) is 13.6. The summed E-state index contributed by atoms with van der Waals surface area (Å²) in [5.74, 6) is 0.769. The van der Waals surface area contributed by atoms with E-state index < -0.39 is 4.92 Å². The Morgan fingerprint density at radius 3 is 2.75 bits per heavy atom. The van der Waals surface area contributed by atoms with Gasteiger partial charge in [-0.25, -0.2) is 9.97 Å². The molecule has 0 saturated heterocycles. The first kappa shape index (κ1) is 14.0. The number of nitrogens with zero attached hydrogens (tertiary/aromatic N) is 3. The van der Waals surface area contributed by atoms with E-state index in [0.29, 0.717) is 5.69 Å². The second-order valence-corrected chi connectivity index (χ2v) is 4.29. The van der Waals surface area contributed by atoms with Crippen molar-refractivity contribution in [3.05, 3.63) is 45.4 Å². The number of nitrogens with one attached hydrogen (secondary N) is 1. The van der Waals surface area contributed by atoms with Crippen LogP contribution in [0.1, 0.15) is 5.56 Å². The lowest BCUT2D eigenvalue weighted by Crippen LogP contribution is -2.02. The Bertz CT molecular complexity index is 663. The predicted octanol–water partition coefficient (Wildman–Crippen LogP) is 3.10. The summed E-state index contributed by atoms with van der Waals surface area (Å²) < 4.78 is 5.15. The van der Waals surface area contributed by atoms with Gasteiger partial charge in [0.25, 0.3) is 0 Å². The third-order valence-electron chi connectivity index (χ3n) is 2.62. The van der Waals surface area contributed by atoms with Crippen LogP contribution in [0.25, 0.3) is 0 Å². The summed E-state index contributed by atoms with van der Waals surface area (Å²) >= 11 is 5.72. The van der Waals surface area contributed by atoms with Crippen molar-refractivity contribution >= 4 is 28.8 Å². The summed E-state index contributed by atoms with van der Waals surface area (Å²) in [6, 6.07) is 5.27. The Hall–Kier alpha value is -2.41. The monoisotopic (exact) mass is 294 g/mol. The third kappa shape index (κ3) is 2.77. The molecule has 2 aromatic rings. The highest BCUT2D eigenvalue weighted by Gasteiger charge is 2.21. The number of aryl methyl sites for hydroxylation is 1. The highest BCUT2D eigenvalue weighted by molar-refractivity contribution is 6.31. The first-order valence-electron chi connectivity index (χ1n) is 5.59. The lowest BCUT2D eigenvalue weighted by Gasteiger charge is -2.09. The van der Waals surface area contributed by atoms with Gasteiger partial charge in [0, 0.05) is 5.69 Å². The van der Waals surface area contributed by atoms with Crippen molar-refractivity contribution in [3.8, 4) is 5.75 Å². The van der Waals surface area contributed by atoms with Gasteiger partial charge in [-0.3, -0.25) is 10.1 Å². The molecule has 20 heavy (non-hydrogen) atoms. The fraction of sp³-hybridized carbons (Fsp3) is 0.167. The maximum absolute atomic E-state index is 11.0. The molecule has 1 aromatic heterocycles. The molecule has 0 saturated carbocycles. The number of halogens is 1. The molecule has 0 fully saturated rings. The van der Waals surface area contributed by atoms with Crippen LogP contribution in [-0.2, 0) is 0 Å². The topological polar surface area (TPSA) is 90.2 Å². The smallest absolute Gasteiger partial charge is 0.348 e. The average Bonchev–Trinajstić information content (AvgIpc) is 2.38. The van der Waals surface area contributed by atoms with Crippen LogP contribution in [0.5, 0.6) is 5.75 Å². The molecule has 1 aromatic carbocycles. The van der Waals surface area contributed by atoms with Gasteiger partial charge in [0.1, 0.15) is 12.1 Å². The van der Waals surface area contributed by atoms with Crippen LogP contribution in [0.2, 0.25) is 5.15 Å². The number of hydrogen-bond acceptors (Lipinski definition) is 6. The van der Waals surface area contributed by atoms with Crippen molar-refractivity contribution in [1.82, 2.24) is 9.97 Å². The van der Waals surface area contributed by atoms with Gasteiger partial charge < -0.3 is 10.1 Å². The number of rotatable bonds is 4. The largest absolute Gasteiger partial charge is 0.496 e. The van der Waals surface area contributed by atoms with Crippen molar-refractivity contribution in [1.29, 1.82) is 0 Å². The molecule has 0 aliphatic rings. The van der Waals surface area contributed by atoms with Crippen molar-refractivity contribution in [2.45, 2.75) is 6.92 Å². The Morgan fingerprint density at radius 1 is 1.40 bits per heavy atom. The number of ether oxygens (including phenoxy) is 1. The number of anilines is 2. The van der Waals surface area contributed by atoms with Gasteiger partial charge in [0.2, 0.25) is 11.0 Å². The van der Waals surface area contributed by atoms with E-state index in [1.165, 1.54) is 0 Å². The molecule has 8 heteroatoms. The van der Waals surface area contributed by atoms with Gasteiger partial charge in [0.15, 0.2) is 0 Å². The number of benzene rings is 1. The number of nitro groups is 1. The van der Waals surface area contributed by atoms with Crippen molar-refractivity contribution in [3.63, 3.8) is 0 Å². The normalized spacial score (nSPS) is 10.2. The summed E-state index contributed by atoms with van der Waals surface area (Å²) in [5.41, 5.74) is 1.17. The summed E-state index contributed by atoms with van der Waals surface area (Å²) in [6.45, 7) is 1.87. The Morgan fingerprint density at radius 2 is 2.15 bits per heavy atom. The molecular formula is C12H11ClN4O3. The molecule has 0 aliphatic heterocycles. The molecule has 1 N–H and O–H groups in total. The minimum Gasteiger partial charge on any atom is -0.496 e. The average molecular weight is 295 g/mol. The number of aromatic nitrogens is 2. The second-order valence-electron chi connectivity index (χ2n) is 3.93. The molecule has 0 atom stereocenters. The van der Waals surface area contributed by atoms with Crippen LogP contribution in [0.3, 0.4) is 0 Å². The molecule has 0 bridgehead atoms. The lowest BCUT2D eigenvalue weighted by atomic mass is 10.2. The van der Waals surface area contributed by atoms with E-state index >= 15 is 0 Å². The van der Waals surface area contributed by atoms with Crippen LogP contribution in [0.4, 0.5) is 17.2 Å². The van der Waals surface area contributed by atoms with Gasteiger partial charge in [-0.15, -0.1) is 0 Å². The van der Waals surface area contributed by atoms with Crippen LogP contribution < -0.4 is 10.1 Å². The van der Waals surface area contributed by atoms with Gasteiger partial charge in [-0.1, -0.05) is 11.6 Å². The zero-order chi connectivity index (χ0) is 14.7. The SMILES string of the molecule is COc1ccc(Nc2ncnc(Cl)c2[N+](=O)[O-])cc1C. The van der Waals surface area contributed by atoms with Crippen LogP contribution in [0, 0.1) is 17.0 Å². The lowest BCUT2D eigenvalue weighted by molar-refractivity contribution is -0.384. The molecule has 0 radical (unpaired) electrons. The molecule has 104 valence electrons. The maximum Gasteiger partial charge on any atom is 0.348 e. The molecule has 7 nitrogen and oxygen atoms in total. The fourth-order valence-corrected chi connectivity index (χ4v) is 1.91. The standard InChI is InChI=1S/C12H11ClN4O3/c1-7-5-8(3-4-9(7)20-2)16-12-10(17(18)19)11(13)14-6-15-12/h3-6H,1-2H3,(H,14,15,16). The second kappa shape index (κ2) is 5.70. The van der Waals surface area contributed by atoms with Crippen molar-refractivity contribution in [2.75, 3.05) is 12.4 Å². The minimum atomic E-state index is -0.624. The van der Waals surface area contributed by atoms with Crippen molar-refractivity contribution < 1.29 is 9.66 Å². The van der Waals surface area contributed by atoms with Crippen molar-refractivity contribution in [2.24, 2.45) is 0 Å². The van der Waals surface area contributed by atoms with Gasteiger partial charge in [-0.05, 0) is 30.7 Å². The molecule has 0 spiro atoms. The van der Waals surface area contributed by atoms with Gasteiger partial charge in [0.05, 0.1) is 12.0 Å². The molecule has 0 unspecified atom stereocenters. The van der Waals surface area contributed by atoms with E-state index in [4.69, 9.17) is 16.3 Å². The Balaban J connectivity index is 2.38. The highest BCUT2D eigenvalue weighted by atomic mass is 35.5. The first-order chi connectivity index (χ1) is 9.52. The number of hydrogen-bond donors (Lipinski definition) is 1. The Kier molecular flexibility index (Phi) is 3.99. The summed E-state index contributed by atoms with van der Waals surface area (Å²) in [7, 11) is 1.57. The van der Waals surface area contributed by atoms with E-state index in [1.807, 2.05) is 6.92 Å². The molecule has 0 aliphatic carbocycles. The first-order valence-corrected chi connectivity index (χ1v) is 5.97. The predicted molar refractivity (Wildman–Crippen MR) is 74.7 cm³/mol. The minimum absolute atomic E-state index is 0.0413. The zero-order valence-corrected chi connectivity index (χ0v) is 11.5. The van der Waals surface area contributed by atoms with Gasteiger partial charge >= 0.3 is 5.69 Å². The number of methoxy groups -OCH3 is 1. The summed E-state index contributed by atoms with van der Waals surface area (Å²) in [6.07, 6.45) is 1.16. The van der Waals surface area contributed by atoms with Gasteiger partial charge in [-0.2, -0.15) is 0 Å². The third-order valence-corrected chi connectivity index (χ3v) is 2.89. The molecule has 1 heterocycles. The zero-order valence-electron chi connectivity index (χ0n) is 10.8. The van der Waals surface area contributed by atoms with E-state index in [2.05, 4.69) is 15.3 Å². The molecular weight excluding hydrogens is 284 g/mol. The maximum atomic E-state index is 11.0.